The zero-order chi connectivity index (χ0) is 9.49. The molecule has 1 saturated carbocycles. The van der Waals surface area contributed by atoms with Gasteiger partial charge in [-0.25, -0.2) is 0 Å². The normalized spacial score (nSPS) is 41.1. The minimum atomic E-state index is -0.0374. The molecule has 1 N–H and O–H groups in total. The Morgan fingerprint density at radius 1 is 1.00 bits per heavy atom. The molecule has 0 radical (unpaired) electrons. The van der Waals surface area contributed by atoms with Crippen LogP contribution in [0.4, 0.5) is 0 Å². The molecule has 0 amide bonds. The number of ether oxygens (including phenoxy) is 2. The lowest BCUT2D eigenvalue weighted by Crippen LogP contribution is -2.55. The summed E-state index contributed by atoms with van der Waals surface area (Å²) < 4.78 is 11.5. The molecule has 2 saturated heterocycles. The van der Waals surface area contributed by atoms with Crippen LogP contribution in [-0.2, 0) is 9.47 Å². The van der Waals surface area contributed by atoms with E-state index in [2.05, 4.69) is 5.32 Å². The third-order valence-corrected chi connectivity index (χ3v) is 3.92. The Bertz CT molecular complexity index is 205. The maximum Gasteiger partial charge on any atom is 0.121 e. The quantitative estimate of drug-likeness (QED) is 0.634. The van der Waals surface area contributed by atoms with E-state index < -0.39 is 0 Å². The summed E-state index contributed by atoms with van der Waals surface area (Å²) in [5, 5.41) is 3.62. The van der Waals surface area contributed by atoms with Crippen molar-refractivity contribution in [1.82, 2.24) is 5.32 Å². The first-order chi connectivity index (χ1) is 6.83. The van der Waals surface area contributed by atoms with Gasteiger partial charge in [0.1, 0.15) is 5.72 Å². The van der Waals surface area contributed by atoms with E-state index in [4.69, 9.17) is 9.47 Å². The molecule has 3 fully saturated rings. The summed E-state index contributed by atoms with van der Waals surface area (Å²) in [5.41, 5.74) is 0.489. The van der Waals surface area contributed by atoms with Crippen molar-refractivity contribution < 1.29 is 9.47 Å². The monoisotopic (exact) mass is 197 g/mol. The molecule has 1 atom stereocenters. The van der Waals surface area contributed by atoms with Crippen LogP contribution in [0.3, 0.4) is 0 Å². The van der Waals surface area contributed by atoms with Crippen molar-refractivity contribution in [3.8, 4) is 0 Å². The SMILES string of the molecule is C1COCCC2(C1)NCC1(CC1)CO2. The summed E-state index contributed by atoms with van der Waals surface area (Å²) in [7, 11) is 0. The fourth-order valence-electron chi connectivity index (χ4n) is 2.48. The molecular weight excluding hydrogens is 178 g/mol. The summed E-state index contributed by atoms with van der Waals surface area (Å²) in [6, 6.07) is 0. The van der Waals surface area contributed by atoms with Crippen molar-refractivity contribution in [2.45, 2.75) is 37.8 Å². The molecule has 3 nitrogen and oxygen atoms in total. The van der Waals surface area contributed by atoms with Crippen molar-refractivity contribution in [2.24, 2.45) is 5.41 Å². The molecule has 2 heterocycles. The zero-order valence-corrected chi connectivity index (χ0v) is 8.68. The first kappa shape index (κ1) is 9.13. The molecule has 0 bridgehead atoms. The predicted molar refractivity (Wildman–Crippen MR) is 53.0 cm³/mol. The smallest absolute Gasteiger partial charge is 0.121 e. The van der Waals surface area contributed by atoms with Crippen LogP contribution in [0.25, 0.3) is 0 Å². The van der Waals surface area contributed by atoms with Gasteiger partial charge >= 0.3 is 0 Å². The van der Waals surface area contributed by atoms with Crippen LogP contribution < -0.4 is 5.32 Å². The van der Waals surface area contributed by atoms with Crippen LogP contribution in [0, 0.1) is 5.41 Å². The lowest BCUT2D eigenvalue weighted by Gasteiger charge is -2.41. The lowest BCUT2D eigenvalue weighted by molar-refractivity contribution is -0.131. The molecule has 2 aliphatic heterocycles. The van der Waals surface area contributed by atoms with Crippen LogP contribution in [0.5, 0.6) is 0 Å². The Morgan fingerprint density at radius 3 is 2.64 bits per heavy atom. The average molecular weight is 197 g/mol. The Morgan fingerprint density at radius 2 is 1.93 bits per heavy atom. The summed E-state index contributed by atoms with van der Waals surface area (Å²) in [5.74, 6) is 0. The van der Waals surface area contributed by atoms with Gasteiger partial charge < -0.3 is 9.47 Å². The molecule has 3 heteroatoms. The Balaban J connectivity index is 1.65. The topological polar surface area (TPSA) is 30.5 Å². The number of rotatable bonds is 0. The van der Waals surface area contributed by atoms with Crippen LogP contribution in [0.15, 0.2) is 0 Å². The highest BCUT2D eigenvalue weighted by molar-refractivity contribution is 5.00. The molecule has 0 aromatic rings. The highest BCUT2D eigenvalue weighted by Crippen LogP contribution is 2.48. The fraction of sp³-hybridized carbons (Fsp3) is 1.00. The first-order valence-electron chi connectivity index (χ1n) is 5.80. The van der Waals surface area contributed by atoms with Gasteiger partial charge in [-0.1, -0.05) is 0 Å². The minimum absolute atomic E-state index is 0.0374. The molecule has 1 unspecified atom stereocenters. The molecule has 3 rings (SSSR count). The summed E-state index contributed by atoms with van der Waals surface area (Å²) in [6.45, 7) is 3.88. The van der Waals surface area contributed by atoms with Crippen molar-refractivity contribution in [1.29, 1.82) is 0 Å². The molecule has 2 spiro atoms. The van der Waals surface area contributed by atoms with E-state index in [0.29, 0.717) is 5.41 Å². The highest BCUT2D eigenvalue weighted by Gasteiger charge is 2.50. The third kappa shape index (κ3) is 1.58. The average Bonchev–Trinajstić information content (AvgIpc) is 2.97. The molecule has 0 aromatic carbocycles. The van der Waals surface area contributed by atoms with Gasteiger partial charge in [0.15, 0.2) is 0 Å². The molecule has 14 heavy (non-hydrogen) atoms. The summed E-state index contributed by atoms with van der Waals surface area (Å²) in [6.07, 6.45) is 5.96. The van der Waals surface area contributed by atoms with Crippen LogP contribution in [0.2, 0.25) is 0 Å². The maximum absolute atomic E-state index is 6.07. The van der Waals surface area contributed by atoms with Crippen molar-refractivity contribution in [2.75, 3.05) is 26.4 Å². The van der Waals surface area contributed by atoms with Crippen molar-refractivity contribution in [3.05, 3.63) is 0 Å². The van der Waals surface area contributed by atoms with E-state index in [1.54, 1.807) is 0 Å². The molecule has 1 aliphatic carbocycles. The van der Waals surface area contributed by atoms with E-state index in [9.17, 15) is 0 Å². The number of nitrogens with one attached hydrogen (secondary N) is 1. The standard InChI is InChI=1S/C11H19NO2/c1-2-11(5-7-13-6-1)12-8-10(3-4-10)9-14-11/h12H,1-9H2. The van der Waals surface area contributed by atoms with Crippen molar-refractivity contribution in [3.63, 3.8) is 0 Å². The largest absolute Gasteiger partial charge is 0.381 e. The minimum Gasteiger partial charge on any atom is -0.381 e. The van der Waals surface area contributed by atoms with Gasteiger partial charge in [-0.3, -0.25) is 5.32 Å². The first-order valence-corrected chi connectivity index (χ1v) is 5.80. The molecule has 80 valence electrons. The molecular formula is C11H19NO2. The van der Waals surface area contributed by atoms with Gasteiger partial charge in [0.05, 0.1) is 13.2 Å². The maximum atomic E-state index is 6.07. The second-order valence-electron chi connectivity index (χ2n) is 5.10. The van der Waals surface area contributed by atoms with Crippen LogP contribution in [0.1, 0.15) is 32.1 Å². The summed E-state index contributed by atoms with van der Waals surface area (Å²) in [4.78, 5) is 0. The van der Waals surface area contributed by atoms with Gasteiger partial charge in [0, 0.05) is 25.0 Å². The highest BCUT2D eigenvalue weighted by atomic mass is 16.5. The molecule has 0 aromatic heterocycles. The Kier molecular flexibility index (Phi) is 2.08. The number of hydrogen-bond donors (Lipinski definition) is 1. The Hall–Kier alpha value is -0.120. The fourth-order valence-corrected chi connectivity index (χ4v) is 2.48. The van der Waals surface area contributed by atoms with E-state index in [1.807, 2.05) is 0 Å². The number of hydrogen-bond acceptors (Lipinski definition) is 3. The lowest BCUT2D eigenvalue weighted by atomic mass is 9.98. The van der Waals surface area contributed by atoms with Gasteiger partial charge in [-0.15, -0.1) is 0 Å². The third-order valence-electron chi connectivity index (χ3n) is 3.92. The van der Waals surface area contributed by atoms with Crippen LogP contribution in [-0.4, -0.2) is 32.1 Å². The van der Waals surface area contributed by atoms with Gasteiger partial charge in [0.2, 0.25) is 0 Å². The second kappa shape index (κ2) is 3.19. The van der Waals surface area contributed by atoms with E-state index in [1.165, 1.54) is 12.8 Å². The van der Waals surface area contributed by atoms with Gasteiger partial charge in [0.25, 0.3) is 0 Å². The second-order valence-corrected chi connectivity index (χ2v) is 5.10. The van der Waals surface area contributed by atoms with E-state index in [-0.39, 0.29) is 5.72 Å². The zero-order valence-electron chi connectivity index (χ0n) is 8.68. The summed E-state index contributed by atoms with van der Waals surface area (Å²) >= 11 is 0. The van der Waals surface area contributed by atoms with E-state index >= 15 is 0 Å². The van der Waals surface area contributed by atoms with Crippen molar-refractivity contribution >= 4 is 0 Å². The van der Waals surface area contributed by atoms with Crippen LogP contribution >= 0.6 is 0 Å². The van der Waals surface area contributed by atoms with E-state index in [0.717, 1.165) is 45.6 Å². The Labute approximate surface area is 85.1 Å². The molecule has 3 aliphatic rings. The van der Waals surface area contributed by atoms with Gasteiger partial charge in [-0.05, 0) is 25.7 Å². The van der Waals surface area contributed by atoms with Gasteiger partial charge in [-0.2, -0.15) is 0 Å². The predicted octanol–water partition coefficient (Wildman–Crippen LogP) is 1.28.